The third kappa shape index (κ3) is 4.61. The van der Waals surface area contributed by atoms with E-state index in [0.717, 1.165) is 12.8 Å². The van der Waals surface area contributed by atoms with Crippen LogP contribution in [0.15, 0.2) is 0 Å². The predicted octanol–water partition coefficient (Wildman–Crippen LogP) is 0.116. The molecular weight excluding hydrogens is 244 g/mol. The smallest absolute Gasteiger partial charge is 0.321 e. The van der Waals surface area contributed by atoms with Crippen LogP contribution in [-0.4, -0.2) is 44.9 Å². The van der Waals surface area contributed by atoms with Crippen molar-refractivity contribution in [2.45, 2.75) is 26.7 Å². The summed E-state index contributed by atoms with van der Waals surface area (Å²) in [5, 5.41) is 0. The van der Waals surface area contributed by atoms with Crippen LogP contribution < -0.4 is 4.72 Å². The molecule has 1 heterocycles. The van der Waals surface area contributed by atoms with E-state index in [4.69, 9.17) is 0 Å². The van der Waals surface area contributed by atoms with Gasteiger partial charge in [0.1, 0.15) is 6.54 Å². The van der Waals surface area contributed by atoms with E-state index in [1.54, 1.807) is 6.92 Å². The van der Waals surface area contributed by atoms with E-state index in [2.05, 4.69) is 9.46 Å². The van der Waals surface area contributed by atoms with Crippen molar-refractivity contribution in [2.24, 2.45) is 5.92 Å². The third-order valence-electron chi connectivity index (χ3n) is 2.66. The first kappa shape index (κ1) is 14.4. The Hall–Kier alpha value is -0.660. The summed E-state index contributed by atoms with van der Waals surface area (Å²) in [7, 11) is -3.55. The zero-order valence-corrected chi connectivity index (χ0v) is 11.1. The number of carbonyl (C=O) groups is 1. The molecule has 1 fully saturated rings. The lowest BCUT2D eigenvalue weighted by Crippen LogP contribution is -2.46. The minimum Gasteiger partial charge on any atom is -0.465 e. The summed E-state index contributed by atoms with van der Waals surface area (Å²) in [4.78, 5) is 11.1. The highest BCUT2D eigenvalue weighted by Crippen LogP contribution is 2.17. The van der Waals surface area contributed by atoms with Gasteiger partial charge in [-0.25, -0.2) is 0 Å². The van der Waals surface area contributed by atoms with E-state index in [0.29, 0.717) is 19.0 Å². The lowest BCUT2D eigenvalue weighted by Gasteiger charge is -2.29. The van der Waals surface area contributed by atoms with Crippen LogP contribution in [0.4, 0.5) is 0 Å². The zero-order chi connectivity index (χ0) is 12.9. The van der Waals surface area contributed by atoms with Crippen molar-refractivity contribution >= 4 is 16.2 Å². The molecule has 6 nitrogen and oxygen atoms in total. The Bertz CT molecular complexity index is 355. The fourth-order valence-corrected chi connectivity index (χ4v) is 3.12. The summed E-state index contributed by atoms with van der Waals surface area (Å²) < 4.78 is 32.0. The third-order valence-corrected chi connectivity index (χ3v) is 4.18. The van der Waals surface area contributed by atoms with Gasteiger partial charge in [-0.15, -0.1) is 0 Å². The van der Waals surface area contributed by atoms with Crippen LogP contribution in [0.5, 0.6) is 0 Å². The lowest BCUT2D eigenvalue weighted by atomic mass is 10.0. The molecular formula is C10H20N2O4S. The standard InChI is InChI=1S/C10H20N2O4S/c1-3-16-10(13)7-11-17(14,15)12-6-4-5-9(2)8-12/h9,11H,3-8H2,1-2H3. The monoisotopic (exact) mass is 264 g/mol. The van der Waals surface area contributed by atoms with Crippen LogP contribution in [0.1, 0.15) is 26.7 Å². The molecule has 0 aromatic rings. The number of carbonyl (C=O) groups excluding carboxylic acids is 1. The number of hydrogen-bond donors (Lipinski definition) is 1. The zero-order valence-electron chi connectivity index (χ0n) is 10.3. The Morgan fingerprint density at radius 2 is 2.24 bits per heavy atom. The fourth-order valence-electron chi connectivity index (χ4n) is 1.82. The summed E-state index contributed by atoms with van der Waals surface area (Å²) >= 11 is 0. The van der Waals surface area contributed by atoms with Gasteiger partial charge >= 0.3 is 5.97 Å². The second kappa shape index (κ2) is 6.32. The minimum absolute atomic E-state index is 0.251. The topological polar surface area (TPSA) is 75.7 Å². The molecule has 0 saturated carbocycles. The van der Waals surface area contributed by atoms with E-state index >= 15 is 0 Å². The van der Waals surface area contributed by atoms with Gasteiger partial charge < -0.3 is 4.74 Å². The Morgan fingerprint density at radius 1 is 1.53 bits per heavy atom. The van der Waals surface area contributed by atoms with Gasteiger partial charge in [-0.2, -0.15) is 17.4 Å². The summed E-state index contributed by atoms with van der Waals surface area (Å²) in [5.74, 6) is -0.191. The number of nitrogens with zero attached hydrogens (tertiary/aromatic N) is 1. The number of piperidine rings is 1. The number of hydrogen-bond acceptors (Lipinski definition) is 4. The highest BCUT2D eigenvalue weighted by Gasteiger charge is 2.27. The van der Waals surface area contributed by atoms with Crippen molar-refractivity contribution < 1.29 is 17.9 Å². The maximum Gasteiger partial charge on any atom is 0.321 e. The van der Waals surface area contributed by atoms with Crippen molar-refractivity contribution in [3.63, 3.8) is 0 Å². The molecule has 1 unspecified atom stereocenters. The molecule has 0 bridgehead atoms. The number of esters is 1. The van der Waals surface area contributed by atoms with Gasteiger partial charge in [0.25, 0.3) is 10.2 Å². The summed E-state index contributed by atoms with van der Waals surface area (Å²) in [6.07, 6.45) is 1.91. The number of rotatable bonds is 5. The number of nitrogens with one attached hydrogen (secondary N) is 1. The van der Waals surface area contributed by atoms with E-state index in [1.165, 1.54) is 4.31 Å². The Balaban J connectivity index is 2.47. The van der Waals surface area contributed by atoms with Gasteiger partial charge in [-0.1, -0.05) is 6.92 Å². The second-order valence-electron chi connectivity index (χ2n) is 4.24. The van der Waals surface area contributed by atoms with Crippen LogP contribution in [0.2, 0.25) is 0 Å². The molecule has 0 aromatic heterocycles. The van der Waals surface area contributed by atoms with Gasteiger partial charge in [0.15, 0.2) is 0 Å². The van der Waals surface area contributed by atoms with E-state index in [-0.39, 0.29) is 13.2 Å². The highest BCUT2D eigenvalue weighted by atomic mass is 32.2. The molecule has 1 aliphatic heterocycles. The first-order chi connectivity index (χ1) is 7.95. The van der Waals surface area contributed by atoms with Crippen molar-refractivity contribution in [1.29, 1.82) is 0 Å². The van der Waals surface area contributed by atoms with Crippen LogP contribution in [0, 0.1) is 5.92 Å². The van der Waals surface area contributed by atoms with Gasteiger partial charge in [0.05, 0.1) is 6.61 Å². The number of ether oxygens (including phenoxy) is 1. The van der Waals surface area contributed by atoms with Crippen LogP contribution in [0.25, 0.3) is 0 Å². The molecule has 0 aliphatic carbocycles. The highest BCUT2D eigenvalue weighted by molar-refractivity contribution is 7.87. The van der Waals surface area contributed by atoms with Crippen LogP contribution in [-0.2, 0) is 19.7 Å². The summed E-state index contributed by atoms with van der Waals surface area (Å²) in [6, 6.07) is 0. The summed E-state index contributed by atoms with van der Waals surface area (Å²) in [5.41, 5.74) is 0. The molecule has 0 spiro atoms. The molecule has 1 N–H and O–H groups in total. The summed E-state index contributed by atoms with van der Waals surface area (Å²) in [6.45, 7) is 4.68. The molecule has 1 saturated heterocycles. The van der Waals surface area contributed by atoms with Crippen LogP contribution in [0.3, 0.4) is 0 Å². The molecule has 1 aliphatic rings. The maximum absolute atomic E-state index is 11.8. The molecule has 0 amide bonds. The fraction of sp³-hybridized carbons (Fsp3) is 0.900. The van der Waals surface area contributed by atoms with Crippen LogP contribution >= 0.6 is 0 Å². The van der Waals surface area contributed by atoms with E-state index in [1.807, 2.05) is 6.92 Å². The SMILES string of the molecule is CCOC(=O)CNS(=O)(=O)N1CCCC(C)C1. The molecule has 100 valence electrons. The minimum atomic E-state index is -3.55. The largest absolute Gasteiger partial charge is 0.465 e. The Labute approximate surface area is 102 Å². The quantitative estimate of drug-likeness (QED) is 0.715. The van der Waals surface area contributed by atoms with E-state index in [9.17, 15) is 13.2 Å². The Kier molecular flexibility index (Phi) is 5.35. The van der Waals surface area contributed by atoms with Crippen molar-refractivity contribution in [1.82, 2.24) is 9.03 Å². The molecule has 1 rings (SSSR count). The van der Waals surface area contributed by atoms with Gasteiger partial charge in [0.2, 0.25) is 0 Å². The maximum atomic E-state index is 11.8. The van der Waals surface area contributed by atoms with Gasteiger partial charge in [0, 0.05) is 13.1 Å². The molecule has 17 heavy (non-hydrogen) atoms. The first-order valence-electron chi connectivity index (χ1n) is 5.86. The first-order valence-corrected chi connectivity index (χ1v) is 7.30. The van der Waals surface area contributed by atoms with Gasteiger partial charge in [-0.05, 0) is 25.7 Å². The average Bonchev–Trinajstić information content (AvgIpc) is 2.27. The van der Waals surface area contributed by atoms with Crippen molar-refractivity contribution in [3.05, 3.63) is 0 Å². The normalized spacial score (nSPS) is 22.4. The molecule has 1 atom stereocenters. The van der Waals surface area contributed by atoms with Crippen molar-refractivity contribution in [2.75, 3.05) is 26.2 Å². The average molecular weight is 264 g/mol. The Morgan fingerprint density at radius 3 is 2.82 bits per heavy atom. The second-order valence-corrected chi connectivity index (χ2v) is 5.99. The van der Waals surface area contributed by atoms with Gasteiger partial charge in [-0.3, -0.25) is 4.79 Å². The predicted molar refractivity (Wildman–Crippen MR) is 63.5 cm³/mol. The van der Waals surface area contributed by atoms with E-state index < -0.39 is 16.2 Å². The molecule has 7 heteroatoms. The van der Waals surface area contributed by atoms with Crippen molar-refractivity contribution in [3.8, 4) is 0 Å². The lowest BCUT2D eigenvalue weighted by molar-refractivity contribution is -0.141. The molecule has 0 aromatic carbocycles. The molecule has 0 radical (unpaired) electrons.